The molecule has 1 aromatic carbocycles. The van der Waals surface area contributed by atoms with E-state index < -0.39 is 16.8 Å². The summed E-state index contributed by atoms with van der Waals surface area (Å²) in [6.07, 6.45) is -1.46. The quantitative estimate of drug-likeness (QED) is 0.667. The van der Waals surface area contributed by atoms with Gasteiger partial charge in [0, 0.05) is 16.5 Å². The zero-order valence-corrected chi connectivity index (χ0v) is 10.8. The summed E-state index contributed by atoms with van der Waals surface area (Å²) in [5, 5.41) is 8.77. The Morgan fingerprint density at radius 3 is 2.24 bits per heavy atom. The summed E-state index contributed by atoms with van der Waals surface area (Å²) >= 11 is 5.25. The number of aliphatic hydroxyl groups excluding tert-OH is 1. The van der Waals surface area contributed by atoms with Crippen molar-refractivity contribution in [3.63, 3.8) is 0 Å². The maximum atomic E-state index is 12.1. The molecule has 0 fully saturated rings. The highest BCUT2D eigenvalue weighted by Gasteiger charge is 2.28. The molecule has 0 saturated heterocycles. The molecule has 0 aliphatic heterocycles. The summed E-state index contributed by atoms with van der Waals surface area (Å²) < 4.78 is 0. The molecule has 17 heavy (non-hydrogen) atoms. The van der Waals surface area contributed by atoms with E-state index in [4.69, 9.17) is 11.6 Å². The van der Waals surface area contributed by atoms with E-state index in [1.54, 1.807) is 39.0 Å². The van der Waals surface area contributed by atoms with E-state index in [9.17, 15) is 14.7 Å². The van der Waals surface area contributed by atoms with Gasteiger partial charge >= 0.3 is 0 Å². The van der Waals surface area contributed by atoms with Crippen molar-refractivity contribution in [2.24, 2.45) is 5.41 Å². The lowest BCUT2D eigenvalue weighted by atomic mass is 9.84. The van der Waals surface area contributed by atoms with Crippen LogP contribution in [0.25, 0.3) is 0 Å². The van der Waals surface area contributed by atoms with Gasteiger partial charge in [-0.25, -0.2) is 0 Å². The fraction of sp³-hybridized carbons (Fsp3) is 0.385. The average molecular weight is 255 g/mol. The summed E-state index contributed by atoms with van der Waals surface area (Å²) in [6.45, 7) is 5.34. The highest BCUT2D eigenvalue weighted by Crippen LogP contribution is 2.27. The Labute approximate surface area is 105 Å². The van der Waals surface area contributed by atoms with Gasteiger partial charge in [0.15, 0.2) is 11.9 Å². The Hall–Kier alpha value is -1.19. The minimum atomic E-state index is -1.46. The van der Waals surface area contributed by atoms with Crippen molar-refractivity contribution in [3.8, 4) is 0 Å². The number of halogens is 1. The number of aliphatic hydroxyl groups is 1. The predicted octanol–water partition coefficient (Wildman–Crippen LogP) is 2.71. The van der Waals surface area contributed by atoms with Gasteiger partial charge in [0.1, 0.15) is 0 Å². The molecule has 0 aromatic heterocycles. The maximum absolute atomic E-state index is 12.1. The lowest BCUT2D eigenvalue weighted by molar-refractivity contribution is -0.119. The van der Waals surface area contributed by atoms with Crippen LogP contribution in [0, 0.1) is 5.41 Å². The first-order chi connectivity index (χ1) is 7.75. The molecule has 0 aliphatic carbocycles. The van der Waals surface area contributed by atoms with E-state index in [1.807, 2.05) is 0 Å². The number of carbonyl (C=O) groups is 2. The summed E-state index contributed by atoms with van der Waals surface area (Å²) in [5.74, 6) is -0.134. The molecular weight excluding hydrogens is 240 g/mol. The molecule has 0 aliphatic rings. The van der Waals surface area contributed by atoms with Gasteiger partial charge in [-0.15, -0.1) is 0 Å². The van der Waals surface area contributed by atoms with Crippen molar-refractivity contribution >= 4 is 22.6 Å². The lowest BCUT2D eigenvalue weighted by Gasteiger charge is -2.20. The summed E-state index contributed by atoms with van der Waals surface area (Å²) in [6, 6.07) is 6.46. The van der Waals surface area contributed by atoms with Crippen LogP contribution < -0.4 is 0 Å². The van der Waals surface area contributed by atoms with Crippen molar-refractivity contribution in [2.75, 3.05) is 0 Å². The largest absolute Gasteiger partial charge is 0.379 e. The number of rotatable bonds is 3. The van der Waals surface area contributed by atoms with Gasteiger partial charge in [-0.3, -0.25) is 9.59 Å². The second kappa shape index (κ2) is 4.98. The van der Waals surface area contributed by atoms with E-state index in [-0.39, 0.29) is 11.3 Å². The van der Waals surface area contributed by atoms with Crippen molar-refractivity contribution < 1.29 is 14.7 Å². The van der Waals surface area contributed by atoms with Gasteiger partial charge < -0.3 is 5.11 Å². The SMILES string of the molecule is CC(C)(C)C(=O)c1ccccc1[C@@H](O)C(=O)Cl. The standard InChI is InChI=1S/C13H15ClO3/c1-13(2,3)11(16)9-7-5-4-6-8(9)10(15)12(14)17/h4-7,10,15H,1-3H3/t10-/m1/s1. The zero-order chi connectivity index (χ0) is 13.2. The van der Waals surface area contributed by atoms with E-state index in [0.29, 0.717) is 5.56 Å². The molecule has 1 aromatic rings. The fourth-order valence-corrected chi connectivity index (χ4v) is 1.59. The first-order valence-electron chi connectivity index (χ1n) is 5.26. The normalized spacial score (nSPS) is 13.2. The third-order valence-corrected chi connectivity index (χ3v) is 2.60. The first kappa shape index (κ1) is 13.9. The molecule has 1 N–H and O–H groups in total. The van der Waals surface area contributed by atoms with Gasteiger partial charge in [-0.1, -0.05) is 45.0 Å². The van der Waals surface area contributed by atoms with Crippen LogP contribution in [-0.4, -0.2) is 16.1 Å². The molecular formula is C13H15ClO3. The molecule has 0 unspecified atom stereocenters. The van der Waals surface area contributed by atoms with Crippen LogP contribution in [0.1, 0.15) is 42.8 Å². The summed E-state index contributed by atoms with van der Waals surface area (Å²) in [5.41, 5.74) is 0.0134. The Bertz CT molecular complexity index is 446. The van der Waals surface area contributed by atoms with Crippen molar-refractivity contribution in [2.45, 2.75) is 26.9 Å². The van der Waals surface area contributed by atoms with E-state index >= 15 is 0 Å². The highest BCUT2D eigenvalue weighted by molar-refractivity contribution is 6.64. The van der Waals surface area contributed by atoms with Crippen LogP contribution in [-0.2, 0) is 4.79 Å². The third-order valence-electron chi connectivity index (χ3n) is 2.40. The van der Waals surface area contributed by atoms with Gasteiger partial charge in [0.05, 0.1) is 0 Å². The fourth-order valence-electron chi connectivity index (χ4n) is 1.47. The molecule has 0 saturated carbocycles. The monoisotopic (exact) mass is 254 g/mol. The van der Waals surface area contributed by atoms with E-state index in [0.717, 1.165) is 0 Å². The topological polar surface area (TPSA) is 54.4 Å². The Kier molecular flexibility index (Phi) is 4.07. The van der Waals surface area contributed by atoms with Gasteiger partial charge in [0.25, 0.3) is 5.24 Å². The number of Topliss-reactive ketones (excluding diaryl/α,β-unsaturated/α-hetero) is 1. The minimum absolute atomic E-state index is 0.134. The number of hydrogen-bond donors (Lipinski definition) is 1. The van der Waals surface area contributed by atoms with Crippen molar-refractivity contribution in [1.82, 2.24) is 0 Å². The van der Waals surface area contributed by atoms with Crippen LogP contribution in [0.5, 0.6) is 0 Å². The molecule has 0 radical (unpaired) electrons. The summed E-state index contributed by atoms with van der Waals surface area (Å²) in [4.78, 5) is 23.1. The molecule has 1 rings (SSSR count). The van der Waals surface area contributed by atoms with Gasteiger partial charge in [-0.2, -0.15) is 0 Å². The highest BCUT2D eigenvalue weighted by atomic mass is 35.5. The lowest BCUT2D eigenvalue weighted by Crippen LogP contribution is -2.23. The molecule has 1 atom stereocenters. The van der Waals surface area contributed by atoms with E-state index in [2.05, 4.69) is 0 Å². The number of ketones is 1. The van der Waals surface area contributed by atoms with Crippen LogP contribution >= 0.6 is 11.6 Å². The smallest absolute Gasteiger partial charge is 0.254 e. The summed E-state index contributed by atoms with van der Waals surface area (Å²) in [7, 11) is 0. The number of hydrogen-bond acceptors (Lipinski definition) is 3. The second-order valence-electron chi connectivity index (χ2n) is 4.87. The van der Waals surface area contributed by atoms with Crippen LogP contribution in [0.2, 0.25) is 0 Å². The molecule has 0 heterocycles. The zero-order valence-electron chi connectivity index (χ0n) is 10.0. The molecule has 0 amide bonds. The van der Waals surface area contributed by atoms with Gasteiger partial charge in [0.2, 0.25) is 0 Å². The Morgan fingerprint density at radius 2 is 1.76 bits per heavy atom. The molecule has 4 heteroatoms. The number of carbonyl (C=O) groups excluding carboxylic acids is 2. The van der Waals surface area contributed by atoms with E-state index in [1.165, 1.54) is 6.07 Å². The Morgan fingerprint density at radius 1 is 1.24 bits per heavy atom. The Balaban J connectivity index is 3.26. The number of benzene rings is 1. The average Bonchev–Trinajstić information content (AvgIpc) is 2.25. The minimum Gasteiger partial charge on any atom is -0.379 e. The second-order valence-corrected chi connectivity index (χ2v) is 5.25. The van der Waals surface area contributed by atoms with Crippen LogP contribution in [0.4, 0.5) is 0 Å². The molecule has 0 spiro atoms. The van der Waals surface area contributed by atoms with Crippen LogP contribution in [0.15, 0.2) is 24.3 Å². The molecule has 3 nitrogen and oxygen atoms in total. The van der Waals surface area contributed by atoms with Gasteiger partial charge in [-0.05, 0) is 11.6 Å². The van der Waals surface area contributed by atoms with Crippen molar-refractivity contribution in [3.05, 3.63) is 35.4 Å². The van der Waals surface area contributed by atoms with Crippen molar-refractivity contribution in [1.29, 1.82) is 0 Å². The first-order valence-corrected chi connectivity index (χ1v) is 5.64. The predicted molar refractivity (Wildman–Crippen MR) is 66.0 cm³/mol. The molecule has 0 bridgehead atoms. The molecule has 92 valence electrons. The maximum Gasteiger partial charge on any atom is 0.254 e. The van der Waals surface area contributed by atoms with Crippen LogP contribution in [0.3, 0.4) is 0 Å². The third kappa shape index (κ3) is 3.14.